The van der Waals surface area contributed by atoms with Gasteiger partial charge in [0.1, 0.15) is 6.04 Å². The highest BCUT2D eigenvalue weighted by molar-refractivity contribution is 7.92. The molecule has 2 amide bonds. The lowest BCUT2D eigenvalue weighted by molar-refractivity contribution is -0.141. The molecule has 1 atom stereocenters. The number of hydrogen-bond donors (Lipinski definition) is 1. The number of anilines is 1. The molecule has 0 saturated heterocycles. The standard InChI is InChI=1S/C27H39N3O4S/c1-20-13-15-23(16-14-20)19-29(22(3)26(32)28-27(4,5)6)25(31)12-9-17-30(35(7,33)34)24-11-8-10-21(2)18-24/h8,10-11,13-16,18,22H,9,12,17,19H2,1-7H3,(H,28,32)/t22-/m1/s1. The molecule has 0 saturated carbocycles. The molecule has 0 heterocycles. The maximum Gasteiger partial charge on any atom is 0.242 e. The van der Waals surface area contributed by atoms with Crippen molar-refractivity contribution in [3.8, 4) is 0 Å². The normalized spacial score (nSPS) is 12.7. The molecule has 8 heteroatoms. The summed E-state index contributed by atoms with van der Waals surface area (Å²) >= 11 is 0. The van der Waals surface area contributed by atoms with Crippen LogP contribution in [0.3, 0.4) is 0 Å². The van der Waals surface area contributed by atoms with Gasteiger partial charge < -0.3 is 10.2 Å². The average Bonchev–Trinajstić information content (AvgIpc) is 2.73. The van der Waals surface area contributed by atoms with Gasteiger partial charge in [-0.25, -0.2) is 8.42 Å². The molecule has 2 rings (SSSR count). The topological polar surface area (TPSA) is 86.8 Å². The fraction of sp³-hybridized carbons (Fsp3) is 0.481. The van der Waals surface area contributed by atoms with Gasteiger partial charge in [-0.1, -0.05) is 42.0 Å². The van der Waals surface area contributed by atoms with Crippen molar-refractivity contribution in [3.05, 3.63) is 65.2 Å². The van der Waals surface area contributed by atoms with E-state index in [2.05, 4.69) is 5.32 Å². The molecule has 0 bridgehead atoms. The second kappa shape index (κ2) is 11.7. The van der Waals surface area contributed by atoms with E-state index in [4.69, 9.17) is 0 Å². The summed E-state index contributed by atoms with van der Waals surface area (Å²) in [4.78, 5) is 27.8. The van der Waals surface area contributed by atoms with Gasteiger partial charge >= 0.3 is 0 Å². The number of rotatable bonds is 10. The second-order valence-electron chi connectivity index (χ2n) is 10.2. The molecule has 0 aliphatic heterocycles. The largest absolute Gasteiger partial charge is 0.350 e. The van der Waals surface area contributed by atoms with Crippen LogP contribution in [0.5, 0.6) is 0 Å². The lowest BCUT2D eigenvalue weighted by Crippen LogP contribution is -2.52. The first-order valence-corrected chi connectivity index (χ1v) is 13.7. The van der Waals surface area contributed by atoms with Crippen LogP contribution in [0.25, 0.3) is 0 Å². The van der Waals surface area contributed by atoms with Crippen LogP contribution in [0.4, 0.5) is 5.69 Å². The minimum atomic E-state index is -3.51. The summed E-state index contributed by atoms with van der Waals surface area (Å²) in [7, 11) is -3.51. The van der Waals surface area contributed by atoms with Crippen molar-refractivity contribution in [1.29, 1.82) is 0 Å². The summed E-state index contributed by atoms with van der Waals surface area (Å²) in [5, 5.41) is 2.95. The molecule has 0 aliphatic rings. The van der Waals surface area contributed by atoms with E-state index >= 15 is 0 Å². The number of aryl methyl sites for hydroxylation is 2. The summed E-state index contributed by atoms with van der Waals surface area (Å²) < 4.78 is 26.2. The van der Waals surface area contributed by atoms with Crippen molar-refractivity contribution in [2.24, 2.45) is 0 Å². The molecule has 0 fully saturated rings. The Balaban J connectivity index is 2.18. The van der Waals surface area contributed by atoms with Crippen LogP contribution in [0.1, 0.15) is 57.2 Å². The molecule has 7 nitrogen and oxygen atoms in total. The summed E-state index contributed by atoms with van der Waals surface area (Å²) in [6, 6.07) is 14.5. The van der Waals surface area contributed by atoms with Crippen LogP contribution in [0, 0.1) is 13.8 Å². The highest BCUT2D eigenvalue weighted by Crippen LogP contribution is 2.20. The van der Waals surface area contributed by atoms with Gasteiger partial charge in [-0.05, 0) is 71.2 Å². The Kier molecular flexibility index (Phi) is 9.49. The predicted molar refractivity (Wildman–Crippen MR) is 142 cm³/mol. The van der Waals surface area contributed by atoms with E-state index in [9.17, 15) is 18.0 Å². The Bertz CT molecular complexity index is 1120. The van der Waals surface area contributed by atoms with Crippen LogP contribution in [0.15, 0.2) is 48.5 Å². The molecule has 0 spiro atoms. The molecule has 192 valence electrons. The smallest absolute Gasteiger partial charge is 0.242 e. The summed E-state index contributed by atoms with van der Waals surface area (Å²) in [5.41, 5.74) is 3.15. The van der Waals surface area contributed by atoms with Crippen molar-refractivity contribution in [3.63, 3.8) is 0 Å². The van der Waals surface area contributed by atoms with E-state index < -0.39 is 21.6 Å². The Morgan fingerprint density at radius 3 is 2.17 bits per heavy atom. The Morgan fingerprint density at radius 1 is 1.00 bits per heavy atom. The van der Waals surface area contributed by atoms with Gasteiger partial charge in [0.05, 0.1) is 11.9 Å². The second-order valence-corrected chi connectivity index (χ2v) is 12.1. The number of sulfonamides is 1. The van der Waals surface area contributed by atoms with E-state index in [1.54, 1.807) is 17.9 Å². The molecule has 0 radical (unpaired) electrons. The zero-order valence-corrected chi connectivity index (χ0v) is 22.8. The third kappa shape index (κ3) is 9.02. The summed E-state index contributed by atoms with van der Waals surface area (Å²) in [6.07, 6.45) is 1.62. The van der Waals surface area contributed by atoms with E-state index in [0.717, 1.165) is 16.7 Å². The SMILES string of the molecule is Cc1ccc(CN(C(=O)CCCN(c2cccc(C)c2)S(C)(=O)=O)[C@H](C)C(=O)NC(C)(C)C)cc1. The van der Waals surface area contributed by atoms with Gasteiger partial charge in [0, 0.05) is 25.0 Å². The number of carbonyl (C=O) groups is 2. The van der Waals surface area contributed by atoms with Crippen molar-refractivity contribution >= 4 is 27.5 Å². The quantitative estimate of drug-likeness (QED) is 0.529. The van der Waals surface area contributed by atoms with Crippen molar-refractivity contribution in [2.75, 3.05) is 17.1 Å². The monoisotopic (exact) mass is 501 g/mol. The number of benzene rings is 2. The number of nitrogens with zero attached hydrogens (tertiary/aromatic N) is 2. The predicted octanol–water partition coefficient (Wildman–Crippen LogP) is 4.18. The summed E-state index contributed by atoms with van der Waals surface area (Å²) in [6.45, 7) is 11.8. The van der Waals surface area contributed by atoms with Crippen LogP contribution >= 0.6 is 0 Å². The maximum absolute atomic E-state index is 13.3. The zero-order chi connectivity index (χ0) is 26.4. The first kappa shape index (κ1) is 28.4. The fourth-order valence-electron chi connectivity index (χ4n) is 3.73. The van der Waals surface area contributed by atoms with Crippen LogP contribution in [-0.4, -0.2) is 49.5 Å². The highest BCUT2D eigenvalue weighted by Gasteiger charge is 2.28. The number of amides is 2. The van der Waals surface area contributed by atoms with Gasteiger partial charge in [0.15, 0.2) is 0 Å². The molecule has 0 unspecified atom stereocenters. The van der Waals surface area contributed by atoms with Gasteiger partial charge in [0.25, 0.3) is 0 Å². The Labute approximate surface area is 210 Å². The third-order valence-electron chi connectivity index (χ3n) is 5.58. The third-order valence-corrected chi connectivity index (χ3v) is 6.77. The Morgan fingerprint density at radius 2 is 1.63 bits per heavy atom. The lowest BCUT2D eigenvalue weighted by Gasteiger charge is -2.32. The number of hydrogen-bond acceptors (Lipinski definition) is 4. The molecular formula is C27H39N3O4S. The van der Waals surface area contributed by atoms with Crippen molar-refractivity contribution in [2.45, 2.75) is 72.5 Å². The molecule has 2 aromatic carbocycles. The molecule has 35 heavy (non-hydrogen) atoms. The average molecular weight is 502 g/mol. The van der Waals surface area contributed by atoms with E-state index in [-0.39, 0.29) is 24.8 Å². The van der Waals surface area contributed by atoms with E-state index in [1.165, 1.54) is 10.6 Å². The minimum absolute atomic E-state index is 0.122. The minimum Gasteiger partial charge on any atom is -0.350 e. The molecule has 1 N–H and O–H groups in total. The first-order chi connectivity index (χ1) is 16.2. The van der Waals surface area contributed by atoms with Gasteiger partial charge in [-0.3, -0.25) is 13.9 Å². The van der Waals surface area contributed by atoms with Gasteiger partial charge in [-0.15, -0.1) is 0 Å². The van der Waals surface area contributed by atoms with E-state index in [0.29, 0.717) is 18.7 Å². The first-order valence-electron chi connectivity index (χ1n) is 11.9. The number of nitrogens with one attached hydrogen (secondary N) is 1. The zero-order valence-electron chi connectivity index (χ0n) is 22.0. The Hall–Kier alpha value is -2.87. The molecule has 0 aromatic heterocycles. The maximum atomic E-state index is 13.3. The molecule has 0 aliphatic carbocycles. The van der Waals surface area contributed by atoms with Crippen LogP contribution in [-0.2, 0) is 26.2 Å². The van der Waals surface area contributed by atoms with E-state index in [1.807, 2.05) is 77.1 Å². The molecular weight excluding hydrogens is 462 g/mol. The lowest BCUT2D eigenvalue weighted by atomic mass is 10.1. The van der Waals surface area contributed by atoms with Gasteiger partial charge in [-0.2, -0.15) is 0 Å². The summed E-state index contributed by atoms with van der Waals surface area (Å²) in [5.74, 6) is -0.421. The van der Waals surface area contributed by atoms with Crippen LogP contribution < -0.4 is 9.62 Å². The fourth-order valence-corrected chi connectivity index (χ4v) is 4.69. The number of carbonyl (C=O) groups excluding carboxylic acids is 2. The van der Waals surface area contributed by atoms with Crippen molar-refractivity contribution in [1.82, 2.24) is 10.2 Å². The van der Waals surface area contributed by atoms with Gasteiger partial charge in [0.2, 0.25) is 21.8 Å². The molecule has 2 aromatic rings. The highest BCUT2D eigenvalue weighted by atomic mass is 32.2. The van der Waals surface area contributed by atoms with Crippen molar-refractivity contribution < 1.29 is 18.0 Å². The van der Waals surface area contributed by atoms with Crippen LogP contribution in [0.2, 0.25) is 0 Å².